The molecule has 0 radical (unpaired) electrons. The molecule has 0 aromatic carbocycles. The topological polar surface area (TPSA) is 108 Å². The van der Waals surface area contributed by atoms with E-state index in [1.807, 2.05) is 31.2 Å². The number of fused-ring (bicyclic) bond motifs is 1. The summed E-state index contributed by atoms with van der Waals surface area (Å²) in [5.74, 6) is 0.937. The molecule has 178 valence electrons. The van der Waals surface area contributed by atoms with E-state index in [9.17, 15) is 14.4 Å². The third-order valence-corrected chi connectivity index (χ3v) is 7.25. The molecule has 4 N–H and O–H groups in total. The minimum Gasteiger partial charge on any atom is -0.349 e. The quantitative estimate of drug-likeness (QED) is 0.308. The summed E-state index contributed by atoms with van der Waals surface area (Å²) in [7, 11) is 0. The highest BCUT2D eigenvalue weighted by molar-refractivity contribution is 5.81. The Kier molecular flexibility index (Phi) is 7.17. The summed E-state index contributed by atoms with van der Waals surface area (Å²) in [4.78, 5) is 39.1. The zero-order valence-corrected chi connectivity index (χ0v) is 19.3. The first-order valence-electron chi connectivity index (χ1n) is 12.0. The maximum absolute atomic E-state index is 13.1. The summed E-state index contributed by atoms with van der Waals surface area (Å²) in [6.45, 7) is 5.58. The van der Waals surface area contributed by atoms with Gasteiger partial charge in [0.15, 0.2) is 0 Å². The maximum Gasteiger partial charge on any atom is 0.326 e. The molecule has 3 amide bonds. The highest BCUT2D eigenvalue weighted by atomic mass is 16.2. The number of carbonyl (C=O) groups excluding carboxylic acids is 3. The van der Waals surface area contributed by atoms with Gasteiger partial charge in [-0.05, 0) is 68.4 Å². The molecule has 8 nitrogen and oxygen atoms in total. The van der Waals surface area contributed by atoms with Gasteiger partial charge in [0, 0.05) is 43.0 Å². The number of urea groups is 1. The molecule has 33 heavy (non-hydrogen) atoms. The van der Waals surface area contributed by atoms with E-state index >= 15 is 0 Å². The summed E-state index contributed by atoms with van der Waals surface area (Å²) < 4.78 is 0. The Morgan fingerprint density at radius 3 is 2.82 bits per heavy atom. The van der Waals surface area contributed by atoms with Gasteiger partial charge < -0.3 is 26.1 Å². The van der Waals surface area contributed by atoms with Crippen LogP contribution < -0.4 is 16.4 Å². The average molecular weight is 454 g/mol. The van der Waals surface area contributed by atoms with Crippen molar-refractivity contribution in [2.75, 3.05) is 26.2 Å². The number of nitrogens with two attached hydrogens (primary N) is 1. The Hall–Kier alpha value is -2.67. The van der Waals surface area contributed by atoms with Crippen LogP contribution in [-0.4, -0.2) is 66.8 Å². The molecule has 2 aliphatic carbocycles. The molecular formula is C25H35N5O3. The Bertz CT molecular complexity index is 894. The van der Waals surface area contributed by atoms with Gasteiger partial charge >= 0.3 is 6.03 Å². The van der Waals surface area contributed by atoms with Gasteiger partial charge in [-0.1, -0.05) is 12.8 Å². The molecule has 8 heteroatoms. The van der Waals surface area contributed by atoms with Crippen LogP contribution in [0.25, 0.3) is 0 Å². The van der Waals surface area contributed by atoms with E-state index in [1.165, 1.54) is 19.3 Å². The summed E-state index contributed by atoms with van der Waals surface area (Å²) in [6, 6.07) is -1.13. The van der Waals surface area contributed by atoms with E-state index in [-0.39, 0.29) is 18.0 Å². The first-order valence-corrected chi connectivity index (χ1v) is 12.0. The largest absolute Gasteiger partial charge is 0.349 e. The van der Waals surface area contributed by atoms with E-state index in [4.69, 9.17) is 5.73 Å². The van der Waals surface area contributed by atoms with Gasteiger partial charge in [-0.3, -0.25) is 9.69 Å². The fourth-order valence-corrected chi connectivity index (χ4v) is 5.56. The average Bonchev–Trinajstić information content (AvgIpc) is 3.56. The summed E-state index contributed by atoms with van der Waals surface area (Å²) >= 11 is 0. The number of aldehydes is 1. The van der Waals surface area contributed by atoms with Crippen molar-refractivity contribution in [2.45, 2.75) is 51.1 Å². The Morgan fingerprint density at radius 2 is 2.15 bits per heavy atom. The van der Waals surface area contributed by atoms with Crippen molar-refractivity contribution in [2.24, 2.45) is 23.0 Å². The van der Waals surface area contributed by atoms with Crippen LogP contribution in [0.5, 0.6) is 0 Å². The smallest absolute Gasteiger partial charge is 0.326 e. The van der Waals surface area contributed by atoms with E-state index < -0.39 is 6.04 Å². The first kappa shape index (κ1) is 23.5. The van der Waals surface area contributed by atoms with Crippen LogP contribution in [0.3, 0.4) is 0 Å². The molecule has 0 spiro atoms. The number of hydrogen-bond acceptors (Lipinski definition) is 5. The van der Waals surface area contributed by atoms with Crippen molar-refractivity contribution in [3.05, 3.63) is 41.4 Å². The van der Waals surface area contributed by atoms with Crippen molar-refractivity contribution in [3.63, 3.8) is 0 Å². The molecule has 2 heterocycles. The van der Waals surface area contributed by atoms with Crippen LogP contribution in [0, 0.1) is 17.3 Å². The van der Waals surface area contributed by atoms with E-state index in [0.717, 1.165) is 49.9 Å². The maximum atomic E-state index is 13.1. The second kappa shape index (κ2) is 10.1. The van der Waals surface area contributed by atoms with Crippen LogP contribution in [0.2, 0.25) is 0 Å². The molecule has 3 unspecified atom stereocenters. The summed E-state index contributed by atoms with van der Waals surface area (Å²) in [6.07, 6.45) is 14.4. The van der Waals surface area contributed by atoms with Crippen LogP contribution >= 0.6 is 0 Å². The Balaban J connectivity index is 1.42. The standard InChI is InChI=1S/C25H35N5O3/c1-18(10-21(14-31)27-17-32)30-22-5-3-2-4-20(23(11-22)28-24(30)33)13-29-15-25(16-29,8-9-26)12-19-6-7-19/h3-5,11,14,17-21H,6-10,12-13,15-16,26H2,1H3,(H,27,32)(H,28,33). The van der Waals surface area contributed by atoms with Crippen molar-refractivity contribution in [1.29, 1.82) is 0 Å². The third-order valence-electron chi connectivity index (χ3n) is 7.25. The third kappa shape index (κ3) is 5.46. The zero-order valence-electron chi connectivity index (χ0n) is 19.3. The lowest BCUT2D eigenvalue weighted by Gasteiger charge is -2.52. The summed E-state index contributed by atoms with van der Waals surface area (Å²) in [5.41, 5.74) is 11.2. The molecule has 4 rings (SSSR count). The predicted molar refractivity (Wildman–Crippen MR) is 126 cm³/mol. The second-order valence-corrected chi connectivity index (χ2v) is 10.1. The van der Waals surface area contributed by atoms with E-state index in [1.54, 1.807) is 4.90 Å². The van der Waals surface area contributed by atoms with Crippen molar-refractivity contribution < 1.29 is 14.4 Å². The first-order chi connectivity index (χ1) is 16.0. The normalized spacial score (nSPS) is 25.6. The van der Waals surface area contributed by atoms with E-state index in [2.05, 4.69) is 21.3 Å². The highest BCUT2D eigenvalue weighted by Crippen LogP contribution is 2.47. The molecular weight excluding hydrogens is 418 g/mol. The van der Waals surface area contributed by atoms with Crippen molar-refractivity contribution in [3.8, 4) is 0 Å². The predicted octanol–water partition coefficient (Wildman–Crippen LogP) is 1.66. The molecule has 1 saturated carbocycles. The molecule has 4 aliphatic rings. The van der Waals surface area contributed by atoms with Gasteiger partial charge in [-0.15, -0.1) is 5.73 Å². The molecule has 0 aromatic heterocycles. The lowest BCUT2D eigenvalue weighted by Crippen LogP contribution is -2.58. The monoisotopic (exact) mass is 453 g/mol. The second-order valence-electron chi connectivity index (χ2n) is 10.1. The zero-order chi connectivity index (χ0) is 23.4. The highest BCUT2D eigenvalue weighted by Gasteiger charge is 2.46. The van der Waals surface area contributed by atoms with Gasteiger partial charge in [0.25, 0.3) is 0 Å². The number of carbonyl (C=O) groups is 3. The van der Waals surface area contributed by atoms with Gasteiger partial charge in [0.1, 0.15) is 6.29 Å². The molecule has 2 bridgehead atoms. The number of nitrogens with one attached hydrogen (secondary N) is 2. The minimum atomic E-state index is -0.635. The Morgan fingerprint density at radius 1 is 1.36 bits per heavy atom. The molecule has 0 aromatic rings. The molecule has 1 saturated heterocycles. The van der Waals surface area contributed by atoms with E-state index in [0.29, 0.717) is 24.5 Å². The van der Waals surface area contributed by atoms with Crippen LogP contribution in [0.1, 0.15) is 39.0 Å². The summed E-state index contributed by atoms with van der Waals surface area (Å²) in [5, 5.41) is 5.55. The number of rotatable bonds is 12. The number of nitrogens with zero attached hydrogens (tertiary/aromatic N) is 2. The molecule has 2 fully saturated rings. The van der Waals surface area contributed by atoms with Gasteiger partial charge in [0.2, 0.25) is 6.41 Å². The fourth-order valence-electron chi connectivity index (χ4n) is 5.56. The minimum absolute atomic E-state index is 0.0441. The van der Waals surface area contributed by atoms with Crippen LogP contribution in [0.4, 0.5) is 4.79 Å². The fraction of sp³-hybridized carbons (Fsp3) is 0.600. The van der Waals surface area contributed by atoms with Gasteiger partial charge in [0.05, 0.1) is 6.04 Å². The molecule has 2 aliphatic heterocycles. The lowest BCUT2D eigenvalue weighted by molar-refractivity contribution is -0.115. The van der Waals surface area contributed by atoms with Crippen molar-refractivity contribution in [1.82, 2.24) is 20.4 Å². The number of amides is 3. The number of allylic oxidation sites excluding steroid dienone is 2. The van der Waals surface area contributed by atoms with Crippen LogP contribution in [0.15, 0.2) is 41.4 Å². The lowest BCUT2D eigenvalue weighted by atomic mass is 9.72. The molecule has 3 atom stereocenters. The van der Waals surface area contributed by atoms with Gasteiger partial charge in [-0.25, -0.2) is 4.79 Å². The Labute approximate surface area is 195 Å². The van der Waals surface area contributed by atoms with Crippen LogP contribution in [-0.2, 0) is 9.59 Å². The van der Waals surface area contributed by atoms with Crippen molar-refractivity contribution >= 4 is 18.7 Å². The number of hydrogen-bond donors (Lipinski definition) is 3. The number of likely N-dealkylation sites (tertiary alicyclic amines) is 1. The van der Waals surface area contributed by atoms with Gasteiger partial charge in [-0.2, -0.15) is 0 Å². The SMILES string of the molecule is CC(CC(C=O)NC=O)N1C(=O)NC2=CC1=CC=C=CC2CN1CC(CCN)(CC2CC2)C1.